The van der Waals surface area contributed by atoms with Crippen LogP contribution in [0, 0.1) is 0 Å². The first kappa shape index (κ1) is 48.7. The van der Waals surface area contributed by atoms with Crippen LogP contribution in [0.2, 0.25) is 0 Å². The van der Waals surface area contributed by atoms with E-state index in [0.29, 0.717) is 73.8 Å². The van der Waals surface area contributed by atoms with Crippen molar-refractivity contribution in [1.29, 1.82) is 0 Å². The minimum absolute atomic E-state index is 0.198. The van der Waals surface area contributed by atoms with Crippen molar-refractivity contribution in [3.05, 3.63) is 145 Å². The van der Waals surface area contributed by atoms with Gasteiger partial charge in [-0.25, -0.2) is 19.2 Å². The molecule has 0 bridgehead atoms. The molecule has 0 saturated carbocycles. The summed E-state index contributed by atoms with van der Waals surface area (Å²) in [5, 5.41) is 0. The van der Waals surface area contributed by atoms with Crippen molar-refractivity contribution < 1.29 is 66.5 Å². The topological polar surface area (TPSA) is 161 Å². The van der Waals surface area contributed by atoms with Gasteiger partial charge in [-0.2, -0.15) is 0 Å². The van der Waals surface area contributed by atoms with Gasteiger partial charge in [0.2, 0.25) is 12.6 Å². The van der Waals surface area contributed by atoms with E-state index in [-0.39, 0.29) is 13.2 Å². The fourth-order valence-corrected chi connectivity index (χ4v) is 6.07. The molecule has 0 aromatic heterocycles. The zero-order valence-electron chi connectivity index (χ0n) is 36.0. The third kappa shape index (κ3) is 17.8. The molecule has 1 heterocycles. The molecule has 1 aliphatic heterocycles. The molecule has 340 valence electrons. The highest BCUT2D eigenvalue weighted by Gasteiger charge is 2.29. The maximum Gasteiger partial charge on any atom is 0.343 e. The van der Waals surface area contributed by atoms with E-state index in [1.807, 2.05) is 0 Å². The molecule has 64 heavy (non-hydrogen) atoms. The number of hydrogen-bond donors (Lipinski definition) is 0. The SMILES string of the molecule is C=CC(=O)OCCCCCCOc1ccc(C(=O)Oc2ccc(CO[C@H]3OCCO[C@@H]3OCc3ccc(OC(=O)c4ccc(OCCCCCCOC(=O)C=C)cc4)cc3)cc2)cc1. The van der Waals surface area contributed by atoms with Crippen LogP contribution < -0.4 is 18.9 Å². The summed E-state index contributed by atoms with van der Waals surface area (Å²) in [6.07, 6.45) is 7.79. The minimum atomic E-state index is -0.775. The number of benzene rings is 4. The Hall–Kier alpha value is -6.32. The Kier molecular flexibility index (Phi) is 21.1. The average molecular weight is 881 g/mol. The van der Waals surface area contributed by atoms with Crippen LogP contribution in [0.1, 0.15) is 83.2 Å². The van der Waals surface area contributed by atoms with E-state index in [9.17, 15) is 19.2 Å². The molecule has 1 aliphatic rings. The van der Waals surface area contributed by atoms with Gasteiger partial charge in [0.05, 0.1) is 64.0 Å². The predicted octanol–water partition coefficient (Wildman–Crippen LogP) is 8.89. The Morgan fingerprint density at radius 1 is 0.469 bits per heavy atom. The third-order valence-electron chi connectivity index (χ3n) is 9.58. The van der Waals surface area contributed by atoms with Crippen LogP contribution in [0.4, 0.5) is 0 Å². The van der Waals surface area contributed by atoms with E-state index in [4.69, 9.17) is 47.4 Å². The van der Waals surface area contributed by atoms with Crippen molar-refractivity contribution in [2.24, 2.45) is 0 Å². The Balaban J connectivity index is 0.957. The highest BCUT2D eigenvalue weighted by molar-refractivity contribution is 5.91. The molecule has 1 saturated heterocycles. The number of esters is 4. The van der Waals surface area contributed by atoms with Gasteiger partial charge in [0, 0.05) is 12.2 Å². The zero-order valence-corrected chi connectivity index (χ0v) is 36.0. The average Bonchev–Trinajstić information content (AvgIpc) is 3.33. The lowest BCUT2D eigenvalue weighted by molar-refractivity contribution is -0.326. The van der Waals surface area contributed by atoms with E-state index < -0.39 is 36.5 Å². The Bertz CT molecular complexity index is 1900. The smallest absolute Gasteiger partial charge is 0.343 e. The molecule has 5 rings (SSSR count). The summed E-state index contributed by atoms with van der Waals surface area (Å²) < 4.78 is 56.3. The summed E-state index contributed by atoms with van der Waals surface area (Å²) in [6, 6.07) is 27.5. The highest BCUT2D eigenvalue weighted by atomic mass is 16.8. The molecule has 0 N–H and O–H groups in total. The lowest BCUT2D eigenvalue weighted by atomic mass is 10.2. The lowest BCUT2D eigenvalue weighted by Crippen LogP contribution is -2.41. The van der Waals surface area contributed by atoms with Crippen molar-refractivity contribution in [2.45, 2.75) is 77.2 Å². The Morgan fingerprint density at radius 3 is 1.17 bits per heavy atom. The molecular formula is C50H56O14. The van der Waals surface area contributed by atoms with Crippen LogP contribution in [0.25, 0.3) is 0 Å². The molecule has 0 spiro atoms. The minimum Gasteiger partial charge on any atom is -0.494 e. The van der Waals surface area contributed by atoms with Crippen LogP contribution in [0.5, 0.6) is 23.0 Å². The van der Waals surface area contributed by atoms with Crippen LogP contribution in [0.15, 0.2) is 122 Å². The lowest BCUT2D eigenvalue weighted by Gasteiger charge is -2.31. The summed E-state index contributed by atoms with van der Waals surface area (Å²) in [4.78, 5) is 47.7. The second-order valence-electron chi connectivity index (χ2n) is 14.5. The first-order chi connectivity index (χ1) is 31.3. The number of carbonyl (C=O) groups is 4. The third-order valence-corrected chi connectivity index (χ3v) is 9.58. The number of unbranched alkanes of at least 4 members (excludes halogenated alkanes) is 6. The van der Waals surface area contributed by atoms with E-state index in [1.54, 1.807) is 97.1 Å². The summed E-state index contributed by atoms with van der Waals surface area (Å²) in [6.45, 7) is 9.68. The van der Waals surface area contributed by atoms with Gasteiger partial charge in [-0.15, -0.1) is 0 Å². The Labute approximate surface area is 373 Å². The maximum atomic E-state index is 12.8. The van der Waals surface area contributed by atoms with Crippen molar-refractivity contribution in [1.82, 2.24) is 0 Å². The monoisotopic (exact) mass is 880 g/mol. The summed E-state index contributed by atoms with van der Waals surface area (Å²) in [5.41, 5.74) is 2.43. The summed E-state index contributed by atoms with van der Waals surface area (Å²) >= 11 is 0. The molecule has 14 nitrogen and oxygen atoms in total. The van der Waals surface area contributed by atoms with Gasteiger partial charge in [-0.1, -0.05) is 37.4 Å². The van der Waals surface area contributed by atoms with Crippen LogP contribution in [-0.4, -0.2) is 76.1 Å². The van der Waals surface area contributed by atoms with Gasteiger partial charge in [0.1, 0.15) is 23.0 Å². The fraction of sp³-hybridized carbons (Fsp3) is 0.360. The van der Waals surface area contributed by atoms with E-state index in [0.717, 1.165) is 74.6 Å². The molecule has 4 aromatic carbocycles. The Morgan fingerprint density at radius 2 is 0.812 bits per heavy atom. The quantitative estimate of drug-likeness (QED) is 0.0230. The van der Waals surface area contributed by atoms with Crippen LogP contribution in [-0.2, 0) is 51.2 Å². The molecule has 0 radical (unpaired) electrons. The molecule has 1 fully saturated rings. The standard InChI is InChI=1S/C50H56O14/c1-3-45(51)57-31-11-7-5-9-29-55-41-25-17-39(18-26-41)47(53)63-43-21-13-37(14-22-43)35-61-49-50(60-34-33-59-49)62-36-38-15-23-44(24-16-38)64-48(54)40-19-27-42(28-20-40)56-30-10-6-8-12-32-58-46(52)4-2/h3-4,13-28,49-50H,1-2,5-12,29-36H2/t49-,50-/m1/s1. The van der Waals surface area contributed by atoms with Crippen LogP contribution in [0.3, 0.4) is 0 Å². The normalized spacial score (nSPS) is 14.4. The predicted molar refractivity (Wildman–Crippen MR) is 235 cm³/mol. The van der Waals surface area contributed by atoms with Gasteiger partial charge in [0.15, 0.2) is 0 Å². The molecule has 0 unspecified atom stereocenters. The van der Waals surface area contributed by atoms with E-state index in [2.05, 4.69) is 13.2 Å². The largest absolute Gasteiger partial charge is 0.494 e. The number of ether oxygens (including phenoxy) is 10. The van der Waals surface area contributed by atoms with Crippen molar-refractivity contribution in [3.8, 4) is 23.0 Å². The van der Waals surface area contributed by atoms with E-state index in [1.165, 1.54) is 0 Å². The van der Waals surface area contributed by atoms with E-state index >= 15 is 0 Å². The van der Waals surface area contributed by atoms with Crippen molar-refractivity contribution in [3.63, 3.8) is 0 Å². The number of carbonyl (C=O) groups excluding carboxylic acids is 4. The van der Waals surface area contributed by atoms with Gasteiger partial charge >= 0.3 is 23.9 Å². The second kappa shape index (κ2) is 27.7. The second-order valence-corrected chi connectivity index (χ2v) is 14.5. The summed E-state index contributed by atoms with van der Waals surface area (Å²) in [5.74, 6) is 0.285. The number of rotatable bonds is 28. The highest BCUT2D eigenvalue weighted by Crippen LogP contribution is 2.22. The molecule has 0 aliphatic carbocycles. The zero-order chi connectivity index (χ0) is 45.2. The molecule has 0 amide bonds. The first-order valence-electron chi connectivity index (χ1n) is 21.4. The van der Waals surface area contributed by atoms with Gasteiger partial charge in [-0.05, 0) is 135 Å². The fourth-order valence-electron chi connectivity index (χ4n) is 6.07. The summed E-state index contributed by atoms with van der Waals surface area (Å²) in [7, 11) is 0. The van der Waals surface area contributed by atoms with Crippen molar-refractivity contribution in [2.75, 3.05) is 39.6 Å². The molecule has 2 atom stereocenters. The maximum absolute atomic E-state index is 12.8. The molecule has 14 heteroatoms. The number of hydrogen-bond acceptors (Lipinski definition) is 14. The van der Waals surface area contributed by atoms with Crippen molar-refractivity contribution >= 4 is 23.9 Å². The molecule has 4 aromatic rings. The first-order valence-corrected chi connectivity index (χ1v) is 21.4. The van der Waals surface area contributed by atoms with Crippen LogP contribution >= 0.6 is 0 Å². The molecular weight excluding hydrogens is 825 g/mol. The van der Waals surface area contributed by atoms with Gasteiger partial charge < -0.3 is 47.4 Å². The van der Waals surface area contributed by atoms with Gasteiger partial charge in [-0.3, -0.25) is 0 Å². The van der Waals surface area contributed by atoms with Gasteiger partial charge in [0.25, 0.3) is 0 Å².